The van der Waals surface area contributed by atoms with E-state index in [1.165, 1.54) is 23.1 Å². The second kappa shape index (κ2) is 9.89. The molecule has 37 heavy (non-hydrogen) atoms. The summed E-state index contributed by atoms with van der Waals surface area (Å²) < 4.78 is 1.79. The Labute approximate surface area is 221 Å². The maximum absolute atomic E-state index is 13.7. The van der Waals surface area contributed by atoms with Crippen LogP contribution in [0.3, 0.4) is 0 Å². The second-order valence-corrected chi connectivity index (χ2v) is 11.4. The lowest BCUT2D eigenvalue weighted by atomic mass is 10.0. The van der Waals surface area contributed by atoms with Gasteiger partial charge in [0.1, 0.15) is 4.83 Å². The van der Waals surface area contributed by atoms with Gasteiger partial charge in [-0.05, 0) is 42.5 Å². The van der Waals surface area contributed by atoms with Crippen LogP contribution in [0.2, 0.25) is 0 Å². The zero-order chi connectivity index (χ0) is 25.5. The molecular weight excluding hydrogens is 506 g/mol. The van der Waals surface area contributed by atoms with E-state index in [1.807, 2.05) is 18.2 Å². The van der Waals surface area contributed by atoms with Gasteiger partial charge in [0, 0.05) is 28.6 Å². The summed E-state index contributed by atoms with van der Waals surface area (Å²) in [6.07, 6.45) is 2.48. The molecule has 2 aromatic heterocycles. The molecule has 7 nitrogen and oxygen atoms in total. The van der Waals surface area contributed by atoms with Crippen molar-refractivity contribution in [1.29, 1.82) is 0 Å². The van der Waals surface area contributed by atoms with Crippen LogP contribution >= 0.6 is 23.1 Å². The van der Waals surface area contributed by atoms with Gasteiger partial charge in [-0.2, -0.15) is 0 Å². The average molecular weight is 532 g/mol. The Balaban J connectivity index is 1.30. The summed E-state index contributed by atoms with van der Waals surface area (Å²) in [6, 6.07) is 16.3. The number of nitrogens with zero attached hydrogens (tertiary/aromatic N) is 3. The molecule has 6 rings (SSSR count). The van der Waals surface area contributed by atoms with Crippen LogP contribution in [-0.4, -0.2) is 43.5 Å². The number of carbonyl (C=O) groups excluding carboxylic acids is 2. The lowest BCUT2D eigenvalue weighted by molar-refractivity contribution is 0.0737. The zero-order valence-corrected chi connectivity index (χ0v) is 21.7. The highest BCUT2D eigenvalue weighted by molar-refractivity contribution is 7.99. The molecule has 2 aliphatic rings. The van der Waals surface area contributed by atoms with Gasteiger partial charge >= 0.3 is 0 Å². The molecule has 1 aliphatic heterocycles. The number of aliphatic hydroxyl groups excluding tert-OH is 1. The fourth-order valence-electron chi connectivity index (χ4n) is 4.79. The molecule has 0 bridgehead atoms. The van der Waals surface area contributed by atoms with Crippen molar-refractivity contribution in [2.24, 2.45) is 0 Å². The molecule has 9 heteroatoms. The van der Waals surface area contributed by atoms with Gasteiger partial charge in [-0.1, -0.05) is 54.2 Å². The van der Waals surface area contributed by atoms with Gasteiger partial charge < -0.3 is 10.0 Å². The fourth-order valence-corrected chi connectivity index (χ4v) is 7.03. The van der Waals surface area contributed by atoms with Crippen molar-refractivity contribution in [3.63, 3.8) is 0 Å². The van der Waals surface area contributed by atoms with Gasteiger partial charge in [-0.15, -0.1) is 11.3 Å². The Hall–Kier alpha value is -3.27. The van der Waals surface area contributed by atoms with Crippen LogP contribution in [0.4, 0.5) is 0 Å². The highest BCUT2D eigenvalue weighted by Gasteiger charge is 2.32. The SMILES string of the molecule is O=C(CSc1nc2sc3c(c2c(=O)n1C1CC1)CCN(C(=O)c1cccc(CO)c1)C3)c1ccccc1. The average Bonchev–Trinajstić information content (AvgIpc) is 3.70. The Kier molecular flexibility index (Phi) is 6.44. The molecule has 1 N–H and O–H groups in total. The number of Topliss-reactive ketones (excluding diaryl/α,β-unsaturated/α-hetero) is 1. The van der Waals surface area contributed by atoms with Crippen LogP contribution in [0, 0.1) is 0 Å². The molecule has 0 unspecified atom stereocenters. The van der Waals surface area contributed by atoms with E-state index in [0.29, 0.717) is 51.6 Å². The van der Waals surface area contributed by atoms with Gasteiger partial charge in [-0.3, -0.25) is 19.0 Å². The quantitative estimate of drug-likeness (QED) is 0.215. The van der Waals surface area contributed by atoms with Gasteiger partial charge in [-0.25, -0.2) is 4.98 Å². The lowest BCUT2D eigenvalue weighted by Gasteiger charge is -2.27. The number of aliphatic hydroxyl groups is 1. The van der Waals surface area contributed by atoms with E-state index >= 15 is 0 Å². The van der Waals surface area contributed by atoms with Gasteiger partial charge in [0.15, 0.2) is 10.9 Å². The molecule has 3 heterocycles. The standard InChI is InChI=1S/C28H25N3O4S2/c32-15-17-5-4-8-19(13-17)26(34)30-12-11-21-23(14-30)37-25-24(21)27(35)31(20-9-10-20)28(29-25)36-16-22(33)18-6-2-1-3-7-18/h1-8,13,20,32H,9-12,14-16H2. The van der Waals surface area contributed by atoms with Crippen molar-refractivity contribution in [1.82, 2.24) is 14.5 Å². The van der Waals surface area contributed by atoms with E-state index in [9.17, 15) is 19.5 Å². The summed E-state index contributed by atoms with van der Waals surface area (Å²) in [5.74, 6) is 0.138. The van der Waals surface area contributed by atoms with Crippen LogP contribution in [0.5, 0.6) is 0 Å². The number of hydrogen-bond acceptors (Lipinski definition) is 7. The molecule has 0 atom stereocenters. The maximum Gasteiger partial charge on any atom is 0.263 e. The third-order valence-electron chi connectivity index (χ3n) is 6.86. The molecule has 2 aromatic carbocycles. The largest absolute Gasteiger partial charge is 0.392 e. The number of thiophene rings is 1. The van der Waals surface area contributed by atoms with Gasteiger partial charge in [0.2, 0.25) is 0 Å². The van der Waals surface area contributed by atoms with Gasteiger partial charge in [0.25, 0.3) is 11.5 Å². The van der Waals surface area contributed by atoms with E-state index < -0.39 is 0 Å². The molecule has 4 aromatic rings. The monoisotopic (exact) mass is 531 g/mol. The molecule has 1 saturated carbocycles. The van der Waals surface area contributed by atoms with E-state index in [4.69, 9.17) is 4.98 Å². The minimum absolute atomic E-state index is 0.00666. The molecule has 0 spiro atoms. The first-order valence-corrected chi connectivity index (χ1v) is 14.1. The van der Waals surface area contributed by atoms with E-state index in [1.54, 1.807) is 45.9 Å². The van der Waals surface area contributed by atoms with Crippen LogP contribution in [-0.2, 0) is 19.6 Å². The Morgan fingerprint density at radius 1 is 1.08 bits per heavy atom. The number of carbonyl (C=O) groups is 2. The second-order valence-electron chi connectivity index (χ2n) is 9.40. The van der Waals surface area contributed by atoms with Crippen molar-refractivity contribution in [2.45, 2.75) is 43.6 Å². The lowest BCUT2D eigenvalue weighted by Crippen LogP contribution is -2.35. The highest BCUT2D eigenvalue weighted by atomic mass is 32.2. The summed E-state index contributed by atoms with van der Waals surface area (Å²) in [6.45, 7) is 0.833. The molecular formula is C28H25N3O4S2. The summed E-state index contributed by atoms with van der Waals surface area (Å²) >= 11 is 2.79. The molecule has 1 amide bonds. The summed E-state index contributed by atoms with van der Waals surface area (Å²) in [7, 11) is 0. The normalized spacial score (nSPS) is 15.1. The summed E-state index contributed by atoms with van der Waals surface area (Å²) in [5.41, 5.74) is 2.86. The Bertz CT molecular complexity index is 1570. The highest BCUT2D eigenvalue weighted by Crippen LogP contribution is 2.39. The molecule has 1 aliphatic carbocycles. The van der Waals surface area contributed by atoms with Gasteiger partial charge in [0.05, 0.1) is 24.3 Å². The predicted molar refractivity (Wildman–Crippen MR) is 144 cm³/mol. The number of fused-ring (bicyclic) bond motifs is 3. The van der Waals surface area contributed by atoms with Crippen molar-refractivity contribution in [3.8, 4) is 0 Å². The number of rotatable bonds is 7. The minimum atomic E-state index is -0.113. The first-order chi connectivity index (χ1) is 18.0. The Morgan fingerprint density at radius 2 is 1.86 bits per heavy atom. The van der Waals surface area contributed by atoms with Crippen molar-refractivity contribution >= 4 is 45.0 Å². The molecule has 188 valence electrons. The molecule has 0 radical (unpaired) electrons. The third kappa shape index (κ3) is 4.63. The van der Waals surface area contributed by atoms with Crippen molar-refractivity contribution in [2.75, 3.05) is 12.3 Å². The number of thioether (sulfide) groups is 1. The van der Waals surface area contributed by atoms with Crippen LogP contribution in [0.1, 0.15) is 55.6 Å². The smallest absolute Gasteiger partial charge is 0.263 e. The van der Waals surface area contributed by atoms with Crippen LogP contribution in [0.25, 0.3) is 10.2 Å². The van der Waals surface area contributed by atoms with Crippen LogP contribution < -0.4 is 5.56 Å². The number of aromatic nitrogens is 2. The topological polar surface area (TPSA) is 92.5 Å². The fraction of sp³-hybridized carbons (Fsp3) is 0.286. The first kappa shape index (κ1) is 24.1. The molecule has 0 saturated heterocycles. The number of ketones is 1. The van der Waals surface area contributed by atoms with Crippen molar-refractivity contribution in [3.05, 3.63) is 92.1 Å². The van der Waals surface area contributed by atoms with E-state index in [-0.39, 0.29) is 35.7 Å². The molecule has 1 fully saturated rings. The number of hydrogen-bond donors (Lipinski definition) is 1. The summed E-state index contributed by atoms with van der Waals surface area (Å²) in [5, 5.41) is 10.7. The van der Waals surface area contributed by atoms with Crippen LogP contribution in [0.15, 0.2) is 64.5 Å². The Morgan fingerprint density at radius 3 is 2.62 bits per heavy atom. The predicted octanol–water partition coefficient (Wildman–Crippen LogP) is 4.46. The summed E-state index contributed by atoms with van der Waals surface area (Å²) in [4.78, 5) is 47.9. The van der Waals surface area contributed by atoms with Crippen molar-refractivity contribution < 1.29 is 14.7 Å². The number of amides is 1. The minimum Gasteiger partial charge on any atom is -0.392 e. The number of benzene rings is 2. The maximum atomic E-state index is 13.7. The first-order valence-electron chi connectivity index (χ1n) is 12.3. The zero-order valence-electron chi connectivity index (χ0n) is 20.1. The van der Waals surface area contributed by atoms with E-state index in [2.05, 4.69) is 0 Å². The third-order valence-corrected chi connectivity index (χ3v) is 8.92. The van der Waals surface area contributed by atoms with E-state index in [0.717, 1.165) is 23.3 Å².